The molecule has 1 saturated heterocycles. The van der Waals surface area contributed by atoms with Crippen molar-refractivity contribution in [2.24, 2.45) is 12.8 Å². The van der Waals surface area contributed by atoms with Gasteiger partial charge in [-0.05, 0) is 51.6 Å². The molecule has 1 fully saturated rings. The second-order valence-corrected chi connectivity index (χ2v) is 8.89. The lowest BCUT2D eigenvalue weighted by molar-refractivity contribution is 0.102. The first-order valence-electron chi connectivity index (χ1n) is 12.2. The third kappa shape index (κ3) is 4.95. The van der Waals surface area contributed by atoms with Gasteiger partial charge >= 0.3 is 0 Å². The van der Waals surface area contributed by atoms with E-state index in [0.717, 1.165) is 55.5 Å². The molecule has 0 radical (unpaired) electrons. The smallest absolute Gasteiger partial charge is 0.257 e. The molecule has 3 aromatic heterocycles. The van der Waals surface area contributed by atoms with Crippen LogP contribution in [0.1, 0.15) is 46.2 Å². The fourth-order valence-electron chi connectivity index (χ4n) is 4.88. The number of nitrogens with one attached hydrogen (secondary N) is 2. The molecule has 4 N–H and O–H groups in total. The van der Waals surface area contributed by atoms with Gasteiger partial charge in [0.05, 0.1) is 22.5 Å². The van der Waals surface area contributed by atoms with Gasteiger partial charge in [-0.15, -0.1) is 0 Å². The molecule has 1 amide bonds. The van der Waals surface area contributed by atoms with Crippen molar-refractivity contribution < 1.29 is 9.59 Å². The van der Waals surface area contributed by atoms with Crippen LogP contribution in [0.4, 0.5) is 11.4 Å². The van der Waals surface area contributed by atoms with Gasteiger partial charge in [0.2, 0.25) is 0 Å². The topological polar surface area (TPSA) is 123 Å². The van der Waals surface area contributed by atoms with Crippen molar-refractivity contribution in [2.45, 2.75) is 32.7 Å². The fourth-order valence-corrected chi connectivity index (χ4v) is 4.88. The number of hydrogen-bond donors (Lipinski definition) is 3. The van der Waals surface area contributed by atoms with E-state index in [4.69, 9.17) is 0 Å². The van der Waals surface area contributed by atoms with Crippen molar-refractivity contribution in [1.29, 1.82) is 0 Å². The van der Waals surface area contributed by atoms with E-state index in [1.807, 2.05) is 38.5 Å². The Balaban J connectivity index is 0.00000148. The molecule has 5 rings (SSSR count). The summed E-state index contributed by atoms with van der Waals surface area (Å²) in [6.07, 6.45) is 8.49. The Kier molecular flexibility index (Phi) is 7.66. The second-order valence-electron chi connectivity index (χ2n) is 8.89. The Hall–Kier alpha value is -3.76. The molecule has 0 bridgehead atoms. The third-order valence-electron chi connectivity index (χ3n) is 6.43. The molecule has 0 aliphatic carbocycles. The van der Waals surface area contributed by atoms with Crippen LogP contribution in [0.5, 0.6) is 0 Å². The summed E-state index contributed by atoms with van der Waals surface area (Å²) in [5.74, 6) is -0.269. The van der Waals surface area contributed by atoms with Gasteiger partial charge in [0.25, 0.3) is 5.91 Å². The number of anilines is 2. The van der Waals surface area contributed by atoms with E-state index in [1.54, 1.807) is 21.3 Å². The van der Waals surface area contributed by atoms with Crippen LogP contribution in [-0.2, 0) is 7.05 Å². The number of aldehydes is 1. The summed E-state index contributed by atoms with van der Waals surface area (Å²) in [7, 11) is 3.37. The van der Waals surface area contributed by atoms with Crippen molar-refractivity contribution >= 4 is 40.1 Å². The average Bonchev–Trinajstić information content (AvgIpc) is 3.46. The van der Waals surface area contributed by atoms with Crippen LogP contribution in [0, 0.1) is 6.92 Å². The van der Waals surface area contributed by atoms with Gasteiger partial charge in [0.1, 0.15) is 11.2 Å². The van der Waals surface area contributed by atoms with E-state index in [2.05, 4.69) is 38.3 Å². The maximum Gasteiger partial charge on any atom is 0.257 e. The van der Waals surface area contributed by atoms with Crippen LogP contribution >= 0.6 is 0 Å². The number of carbonyl (C=O) groups excluding carboxylic acids is 2. The van der Waals surface area contributed by atoms with Crippen molar-refractivity contribution in [3.63, 3.8) is 0 Å². The minimum Gasteiger partial charge on any atom is -0.371 e. The Labute approximate surface area is 210 Å². The largest absolute Gasteiger partial charge is 0.371 e. The van der Waals surface area contributed by atoms with Crippen LogP contribution in [0.25, 0.3) is 16.6 Å². The maximum absolute atomic E-state index is 13.3. The number of pyridine rings is 1. The quantitative estimate of drug-likeness (QED) is 0.355. The van der Waals surface area contributed by atoms with Crippen molar-refractivity contribution in [3.05, 3.63) is 53.6 Å². The average molecular weight is 491 g/mol. The fraction of sp³-hybridized carbons (Fsp3) is 0.385. The van der Waals surface area contributed by atoms with Gasteiger partial charge in [-0.1, -0.05) is 6.92 Å². The number of benzene rings is 1. The monoisotopic (exact) mass is 490 g/mol. The van der Waals surface area contributed by atoms with Crippen LogP contribution in [-0.4, -0.2) is 64.1 Å². The van der Waals surface area contributed by atoms with Crippen LogP contribution < -0.4 is 21.3 Å². The zero-order valence-electron chi connectivity index (χ0n) is 21.3. The number of imidazole rings is 1. The second kappa shape index (κ2) is 10.9. The standard InChI is InChI=1S/C25H29N7O2.CH5N/c1-4-26-18-7-9-31(10-8-18)22-6-5-20(23-21(22)14-30(3)29-23)25(34)28-19-11-17(15-33)24-27-16(2)12-32(24)13-19;1-2/h5-6,11-15,18,26H,4,7-10H2,1-3H3,(H,28,34);2H2,1H3. The van der Waals surface area contributed by atoms with Gasteiger partial charge in [-0.3, -0.25) is 14.3 Å². The van der Waals surface area contributed by atoms with Gasteiger partial charge in [-0.25, -0.2) is 4.98 Å². The van der Waals surface area contributed by atoms with Crippen LogP contribution in [0.2, 0.25) is 0 Å². The highest BCUT2D eigenvalue weighted by Crippen LogP contribution is 2.31. The molecular weight excluding hydrogens is 456 g/mol. The first kappa shape index (κ1) is 25.3. The predicted octanol–water partition coefficient (Wildman–Crippen LogP) is 2.75. The summed E-state index contributed by atoms with van der Waals surface area (Å²) in [6, 6.07) is 6.07. The molecule has 0 saturated carbocycles. The molecule has 10 heteroatoms. The lowest BCUT2D eigenvalue weighted by Gasteiger charge is -2.34. The van der Waals surface area contributed by atoms with Crippen molar-refractivity contribution in [1.82, 2.24) is 24.5 Å². The van der Waals surface area contributed by atoms with Crippen LogP contribution in [0.3, 0.4) is 0 Å². The number of fused-ring (bicyclic) bond motifs is 2. The highest BCUT2D eigenvalue weighted by Gasteiger charge is 2.23. The first-order valence-corrected chi connectivity index (χ1v) is 12.2. The van der Waals surface area contributed by atoms with E-state index in [0.29, 0.717) is 34.0 Å². The van der Waals surface area contributed by atoms with Gasteiger partial charge < -0.3 is 25.7 Å². The summed E-state index contributed by atoms with van der Waals surface area (Å²) in [5, 5.41) is 12.1. The number of carbonyl (C=O) groups is 2. The van der Waals surface area contributed by atoms with Crippen molar-refractivity contribution in [3.8, 4) is 0 Å². The van der Waals surface area contributed by atoms with Gasteiger partial charge in [-0.2, -0.15) is 5.10 Å². The number of aromatic nitrogens is 4. The Morgan fingerprint density at radius 1 is 1.19 bits per heavy atom. The van der Waals surface area contributed by atoms with E-state index in [9.17, 15) is 9.59 Å². The number of aryl methyl sites for hydroxylation is 2. The molecule has 36 heavy (non-hydrogen) atoms. The van der Waals surface area contributed by atoms with Crippen molar-refractivity contribution in [2.75, 3.05) is 36.9 Å². The van der Waals surface area contributed by atoms with E-state index < -0.39 is 0 Å². The number of rotatable bonds is 6. The summed E-state index contributed by atoms with van der Waals surface area (Å²) < 4.78 is 3.51. The SMILES string of the molecule is CCNC1CCN(c2ccc(C(=O)Nc3cc(C=O)c4nc(C)cn4c3)c3nn(C)cc23)CC1.CN. The third-order valence-corrected chi connectivity index (χ3v) is 6.43. The van der Waals surface area contributed by atoms with Crippen LogP contribution in [0.15, 0.2) is 36.8 Å². The maximum atomic E-state index is 13.3. The summed E-state index contributed by atoms with van der Waals surface area (Å²) in [6.45, 7) is 6.92. The number of piperidine rings is 1. The molecule has 0 spiro atoms. The number of amides is 1. The molecule has 4 heterocycles. The van der Waals surface area contributed by atoms with E-state index >= 15 is 0 Å². The molecule has 1 aromatic carbocycles. The number of nitrogens with zero attached hydrogens (tertiary/aromatic N) is 5. The number of nitrogens with two attached hydrogens (primary N) is 1. The zero-order chi connectivity index (χ0) is 25.8. The molecule has 10 nitrogen and oxygen atoms in total. The Bertz CT molecular complexity index is 1380. The molecule has 4 aromatic rings. The van der Waals surface area contributed by atoms with E-state index in [1.165, 1.54) is 7.05 Å². The molecule has 1 aliphatic rings. The molecule has 1 aliphatic heterocycles. The zero-order valence-corrected chi connectivity index (χ0v) is 21.3. The first-order chi connectivity index (χ1) is 17.5. The highest BCUT2D eigenvalue weighted by atomic mass is 16.1. The molecule has 0 atom stereocenters. The minimum atomic E-state index is -0.269. The van der Waals surface area contributed by atoms with Gasteiger partial charge in [0, 0.05) is 55.8 Å². The predicted molar refractivity (Wildman–Crippen MR) is 143 cm³/mol. The summed E-state index contributed by atoms with van der Waals surface area (Å²) in [5.41, 5.74) is 9.08. The Morgan fingerprint density at radius 2 is 1.94 bits per heavy atom. The molecule has 0 unspecified atom stereocenters. The lowest BCUT2D eigenvalue weighted by atomic mass is 10.0. The minimum absolute atomic E-state index is 0.269. The van der Waals surface area contributed by atoms with Gasteiger partial charge in [0.15, 0.2) is 6.29 Å². The number of hydrogen-bond acceptors (Lipinski definition) is 7. The Morgan fingerprint density at radius 3 is 2.64 bits per heavy atom. The highest BCUT2D eigenvalue weighted by molar-refractivity contribution is 6.14. The van der Waals surface area contributed by atoms with E-state index in [-0.39, 0.29) is 5.91 Å². The normalized spacial score (nSPS) is 14.1. The lowest BCUT2D eigenvalue weighted by Crippen LogP contribution is -2.42. The molecular formula is C26H34N8O2. The summed E-state index contributed by atoms with van der Waals surface area (Å²) >= 11 is 0. The molecule has 190 valence electrons. The summed E-state index contributed by atoms with van der Waals surface area (Å²) in [4.78, 5) is 31.6.